The average Bonchev–Trinajstić information content (AvgIpc) is 2.29. The van der Waals surface area contributed by atoms with Gasteiger partial charge in [0.25, 0.3) is 0 Å². The van der Waals surface area contributed by atoms with Crippen LogP contribution in [0.2, 0.25) is 0 Å². The predicted molar refractivity (Wildman–Crippen MR) is 71.8 cm³/mol. The lowest BCUT2D eigenvalue weighted by atomic mass is 10.3. The summed E-state index contributed by atoms with van der Waals surface area (Å²) in [6.07, 6.45) is 6.19. The van der Waals surface area contributed by atoms with Crippen molar-refractivity contribution in [2.24, 2.45) is 5.73 Å². The largest absolute Gasteiger partial charge is 0.356 e. The van der Waals surface area contributed by atoms with E-state index in [1.165, 1.54) is 19.3 Å². The van der Waals surface area contributed by atoms with Gasteiger partial charge in [0.1, 0.15) is 0 Å². The predicted octanol–water partition coefficient (Wildman–Crippen LogP) is 2.67. The Hall–Kier alpha value is -0.280. The fourth-order valence-corrected chi connectivity index (χ4v) is 1.13. The van der Waals surface area contributed by atoms with Gasteiger partial charge in [0.05, 0.1) is 0 Å². The smallest absolute Gasteiger partial charge is 0.220 e. The molecule has 0 unspecified atom stereocenters. The molecule has 0 bridgehead atoms. The molecule has 0 aliphatic rings. The van der Waals surface area contributed by atoms with Crippen LogP contribution in [0.25, 0.3) is 0 Å². The number of carbonyl (C=O) groups is 1. The second-order valence-corrected chi connectivity index (χ2v) is 4.02. The number of nitrogens with two attached hydrogens (primary N) is 1. The summed E-state index contributed by atoms with van der Waals surface area (Å²) < 4.78 is 0. The molecule has 1 amide bonds. The lowest BCUT2D eigenvalue weighted by molar-refractivity contribution is -0.121. The monoisotopic (exact) mass is 250 g/mol. The number of unbranched alkanes of at least 4 members (excludes halogenated alkanes) is 2. The Morgan fingerprint density at radius 2 is 1.81 bits per heavy atom. The van der Waals surface area contributed by atoms with Crippen LogP contribution in [-0.2, 0) is 4.79 Å². The molecule has 3 N–H and O–H groups in total. The maximum Gasteiger partial charge on any atom is 0.220 e. The quantitative estimate of drug-likeness (QED) is 0.514. The summed E-state index contributed by atoms with van der Waals surface area (Å²) in [5.41, 5.74) is 5.23. The lowest BCUT2D eigenvalue weighted by Crippen LogP contribution is -2.24. The third-order valence-electron chi connectivity index (χ3n) is 1.95. The van der Waals surface area contributed by atoms with Crippen molar-refractivity contribution in [2.75, 3.05) is 19.0 Å². The Bertz CT molecular complexity index is 141. The SMILES string of the molecule is CCCCC.NCCCC(=O)NCCCCl. The van der Waals surface area contributed by atoms with Gasteiger partial charge in [-0.05, 0) is 19.4 Å². The van der Waals surface area contributed by atoms with Crippen molar-refractivity contribution in [1.82, 2.24) is 5.32 Å². The van der Waals surface area contributed by atoms with Crippen LogP contribution >= 0.6 is 11.6 Å². The van der Waals surface area contributed by atoms with Crippen molar-refractivity contribution in [3.05, 3.63) is 0 Å². The van der Waals surface area contributed by atoms with E-state index in [4.69, 9.17) is 17.3 Å². The van der Waals surface area contributed by atoms with Crippen molar-refractivity contribution < 1.29 is 4.79 Å². The minimum atomic E-state index is 0.0700. The van der Waals surface area contributed by atoms with Crippen LogP contribution in [-0.4, -0.2) is 24.9 Å². The highest BCUT2D eigenvalue weighted by atomic mass is 35.5. The first kappa shape index (κ1) is 18.1. The zero-order valence-corrected chi connectivity index (χ0v) is 11.5. The molecule has 4 heteroatoms. The van der Waals surface area contributed by atoms with Crippen molar-refractivity contribution in [2.45, 2.75) is 52.4 Å². The number of amides is 1. The molecule has 0 radical (unpaired) electrons. The summed E-state index contributed by atoms with van der Waals surface area (Å²) >= 11 is 5.42. The van der Waals surface area contributed by atoms with E-state index in [0.29, 0.717) is 25.4 Å². The van der Waals surface area contributed by atoms with E-state index in [1.54, 1.807) is 0 Å². The number of halogens is 1. The maximum absolute atomic E-state index is 10.9. The Kier molecular flexibility index (Phi) is 19.4. The van der Waals surface area contributed by atoms with Gasteiger partial charge in [-0.1, -0.05) is 33.1 Å². The number of alkyl halides is 1. The van der Waals surface area contributed by atoms with Gasteiger partial charge in [0, 0.05) is 18.8 Å². The van der Waals surface area contributed by atoms with Gasteiger partial charge in [-0.15, -0.1) is 11.6 Å². The Morgan fingerprint density at radius 1 is 1.19 bits per heavy atom. The van der Waals surface area contributed by atoms with Crippen molar-refractivity contribution >= 4 is 17.5 Å². The summed E-state index contributed by atoms with van der Waals surface area (Å²) in [7, 11) is 0. The summed E-state index contributed by atoms with van der Waals surface area (Å²) in [6.45, 7) is 5.67. The molecule has 0 aromatic heterocycles. The first-order chi connectivity index (χ1) is 7.72. The normalized spacial score (nSPS) is 9.25. The van der Waals surface area contributed by atoms with Crippen LogP contribution in [0, 0.1) is 0 Å². The lowest BCUT2D eigenvalue weighted by Gasteiger charge is -2.01. The molecular formula is C12H27ClN2O. The van der Waals surface area contributed by atoms with Gasteiger partial charge in [-0.3, -0.25) is 4.79 Å². The summed E-state index contributed by atoms with van der Waals surface area (Å²) in [5.74, 6) is 0.664. The first-order valence-corrected chi connectivity index (χ1v) is 6.79. The van der Waals surface area contributed by atoms with E-state index in [0.717, 1.165) is 12.8 Å². The van der Waals surface area contributed by atoms with E-state index in [-0.39, 0.29) is 5.91 Å². The summed E-state index contributed by atoms with van der Waals surface area (Å²) in [6, 6.07) is 0. The van der Waals surface area contributed by atoms with Gasteiger partial charge in [-0.25, -0.2) is 0 Å². The van der Waals surface area contributed by atoms with Crippen LogP contribution in [0.4, 0.5) is 0 Å². The molecule has 0 atom stereocenters. The molecule has 0 aromatic rings. The fraction of sp³-hybridized carbons (Fsp3) is 0.917. The van der Waals surface area contributed by atoms with E-state index < -0.39 is 0 Å². The number of nitrogens with one attached hydrogen (secondary N) is 1. The van der Waals surface area contributed by atoms with E-state index in [2.05, 4.69) is 19.2 Å². The second-order valence-electron chi connectivity index (χ2n) is 3.64. The van der Waals surface area contributed by atoms with Gasteiger partial charge in [-0.2, -0.15) is 0 Å². The van der Waals surface area contributed by atoms with Crippen LogP contribution in [0.3, 0.4) is 0 Å². The van der Waals surface area contributed by atoms with Crippen LogP contribution in [0.1, 0.15) is 52.4 Å². The number of hydrogen-bond donors (Lipinski definition) is 2. The van der Waals surface area contributed by atoms with E-state index >= 15 is 0 Å². The van der Waals surface area contributed by atoms with Gasteiger partial charge >= 0.3 is 0 Å². The Labute approximate surface area is 105 Å². The Morgan fingerprint density at radius 3 is 2.19 bits per heavy atom. The molecule has 3 nitrogen and oxygen atoms in total. The molecule has 0 heterocycles. The molecule has 0 aromatic carbocycles. The molecule has 0 rings (SSSR count). The summed E-state index contributed by atoms with van der Waals surface area (Å²) in [4.78, 5) is 10.9. The standard InChI is InChI=1S/C7H15ClN2O.C5H12/c8-4-2-6-10-7(11)3-1-5-9;1-3-5-4-2/h1-6,9H2,(H,10,11);3-5H2,1-2H3. The fourth-order valence-electron chi connectivity index (χ4n) is 0.999. The molecule has 0 spiro atoms. The first-order valence-electron chi connectivity index (χ1n) is 6.25. The molecule has 0 aliphatic heterocycles. The molecule has 98 valence electrons. The second kappa shape index (κ2) is 17.1. The minimum Gasteiger partial charge on any atom is -0.356 e. The van der Waals surface area contributed by atoms with Gasteiger partial charge in [0.2, 0.25) is 5.91 Å². The van der Waals surface area contributed by atoms with Crippen LogP contribution < -0.4 is 11.1 Å². The highest BCUT2D eigenvalue weighted by molar-refractivity contribution is 6.17. The molecule has 0 saturated heterocycles. The van der Waals surface area contributed by atoms with Crippen molar-refractivity contribution in [3.8, 4) is 0 Å². The molecule has 0 aliphatic carbocycles. The third-order valence-corrected chi connectivity index (χ3v) is 2.21. The zero-order chi connectivity index (χ0) is 12.6. The van der Waals surface area contributed by atoms with E-state index in [9.17, 15) is 4.79 Å². The average molecular weight is 251 g/mol. The number of carbonyl (C=O) groups excluding carboxylic acids is 1. The maximum atomic E-state index is 10.9. The zero-order valence-electron chi connectivity index (χ0n) is 10.7. The topological polar surface area (TPSA) is 55.1 Å². The summed E-state index contributed by atoms with van der Waals surface area (Å²) in [5, 5.41) is 2.74. The van der Waals surface area contributed by atoms with Crippen LogP contribution in [0.15, 0.2) is 0 Å². The molecule has 0 saturated carbocycles. The van der Waals surface area contributed by atoms with E-state index in [1.807, 2.05) is 0 Å². The van der Waals surface area contributed by atoms with Gasteiger partial charge < -0.3 is 11.1 Å². The number of rotatable bonds is 8. The highest BCUT2D eigenvalue weighted by Crippen LogP contribution is 1.88. The third kappa shape index (κ3) is 19.3. The Balaban J connectivity index is 0. The van der Waals surface area contributed by atoms with Gasteiger partial charge in [0.15, 0.2) is 0 Å². The molecular weight excluding hydrogens is 224 g/mol. The van der Waals surface area contributed by atoms with Crippen molar-refractivity contribution in [3.63, 3.8) is 0 Å². The molecule has 0 fully saturated rings. The van der Waals surface area contributed by atoms with Crippen LogP contribution in [0.5, 0.6) is 0 Å². The minimum absolute atomic E-state index is 0.0700. The molecule has 16 heavy (non-hydrogen) atoms. The highest BCUT2D eigenvalue weighted by Gasteiger charge is 1.97. The number of hydrogen-bond acceptors (Lipinski definition) is 2. The van der Waals surface area contributed by atoms with Crippen molar-refractivity contribution in [1.29, 1.82) is 0 Å².